The van der Waals surface area contributed by atoms with Crippen LogP contribution in [0.4, 0.5) is 15.9 Å². The molecule has 9 nitrogen and oxygen atoms in total. The summed E-state index contributed by atoms with van der Waals surface area (Å²) in [6, 6.07) is 15.8. The van der Waals surface area contributed by atoms with E-state index in [1.807, 2.05) is 6.07 Å². The standard InChI is InChI=1S/C24H17ClFN5O4S/c25-18-6-4-13(8-21(18)35-23-14(11-27)2-1-3-19(23)26)15-9-22(32)30(12-15)16-5-7-20-17(10-16)24(28)29-31(20)36(33)34/h1-8,10,15H,9,12H2,(H2,28,29)(H,33,34)/t15-/m0/s1. The van der Waals surface area contributed by atoms with Gasteiger partial charge in [0.05, 0.1) is 16.1 Å². The fourth-order valence-electron chi connectivity index (χ4n) is 4.23. The van der Waals surface area contributed by atoms with Crippen LogP contribution in [0.1, 0.15) is 23.5 Å². The van der Waals surface area contributed by atoms with Crippen molar-refractivity contribution in [1.82, 2.24) is 9.19 Å². The Morgan fingerprint density at radius 1 is 1.25 bits per heavy atom. The average molecular weight is 526 g/mol. The third kappa shape index (κ3) is 4.15. The molecule has 4 aromatic rings. The van der Waals surface area contributed by atoms with E-state index >= 15 is 0 Å². The van der Waals surface area contributed by atoms with Crippen LogP contribution in [0, 0.1) is 17.1 Å². The lowest BCUT2D eigenvalue weighted by atomic mass is 9.98. The summed E-state index contributed by atoms with van der Waals surface area (Å²) in [7, 11) is 0. The number of aromatic nitrogens is 2. The predicted octanol–water partition coefficient (Wildman–Crippen LogP) is 4.58. The topological polar surface area (TPSA) is 134 Å². The molecule has 5 rings (SSSR count). The number of rotatable bonds is 5. The molecule has 0 bridgehead atoms. The molecule has 2 heterocycles. The lowest BCUT2D eigenvalue weighted by molar-refractivity contribution is -0.117. The number of para-hydroxylation sites is 1. The second-order valence-corrected chi connectivity index (χ2v) is 9.33. The Hall–Kier alpha value is -3.98. The van der Waals surface area contributed by atoms with E-state index in [2.05, 4.69) is 5.10 Å². The Morgan fingerprint density at radius 2 is 2.06 bits per heavy atom. The number of anilines is 2. The molecule has 1 aliphatic rings. The summed E-state index contributed by atoms with van der Waals surface area (Å²) < 4.78 is 41.8. The molecular formula is C24H17ClFN5O4S. The molecule has 2 atom stereocenters. The molecule has 182 valence electrons. The molecule has 0 saturated carbocycles. The summed E-state index contributed by atoms with van der Waals surface area (Å²) in [6.45, 7) is 0.342. The van der Waals surface area contributed by atoms with Gasteiger partial charge in [0.25, 0.3) is 11.3 Å². The molecule has 12 heteroatoms. The first kappa shape index (κ1) is 23.7. The quantitative estimate of drug-likeness (QED) is 0.364. The molecule has 1 amide bonds. The van der Waals surface area contributed by atoms with Crippen molar-refractivity contribution in [3.05, 3.63) is 76.6 Å². The van der Waals surface area contributed by atoms with Gasteiger partial charge in [-0.2, -0.15) is 9.35 Å². The Kier molecular flexibility index (Phi) is 6.09. The first-order valence-electron chi connectivity index (χ1n) is 10.6. The lowest BCUT2D eigenvalue weighted by Gasteiger charge is -2.18. The number of carbonyl (C=O) groups is 1. The first-order valence-corrected chi connectivity index (χ1v) is 12.1. The van der Waals surface area contributed by atoms with Crippen LogP contribution in [0.3, 0.4) is 0 Å². The van der Waals surface area contributed by atoms with Crippen molar-refractivity contribution < 1.29 is 22.7 Å². The molecule has 1 saturated heterocycles. The Bertz CT molecular complexity index is 1600. The molecule has 3 aromatic carbocycles. The summed E-state index contributed by atoms with van der Waals surface area (Å²) in [5, 5.41) is 13.8. The Labute approximate surface area is 211 Å². The number of amides is 1. The molecule has 1 unspecified atom stereocenters. The van der Waals surface area contributed by atoms with E-state index in [0.29, 0.717) is 23.1 Å². The second kappa shape index (κ2) is 9.23. The smallest absolute Gasteiger partial charge is 0.283 e. The molecule has 3 N–H and O–H groups in total. The number of fused-ring (bicyclic) bond motifs is 1. The van der Waals surface area contributed by atoms with Crippen LogP contribution in [0.5, 0.6) is 11.5 Å². The highest BCUT2D eigenvalue weighted by Gasteiger charge is 2.32. The van der Waals surface area contributed by atoms with Gasteiger partial charge in [0.2, 0.25) is 5.91 Å². The maximum absolute atomic E-state index is 14.3. The van der Waals surface area contributed by atoms with Gasteiger partial charge in [-0.3, -0.25) is 9.35 Å². The van der Waals surface area contributed by atoms with Gasteiger partial charge in [-0.05, 0) is 48.0 Å². The summed E-state index contributed by atoms with van der Waals surface area (Å²) in [6.07, 6.45) is 0.206. The monoisotopic (exact) mass is 525 g/mol. The van der Waals surface area contributed by atoms with Gasteiger partial charge in [-0.15, -0.1) is 5.10 Å². The first-order chi connectivity index (χ1) is 17.3. The van der Waals surface area contributed by atoms with Crippen molar-refractivity contribution in [3.63, 3.8) is 0 Å². The number of nitrogens with zero attached hydrogens (tertiary/aromatic N) is 4. The SMILES string of the molecule is N#Cc1cccc(F)c1Oc1cc([C@H]2CC(=O)N(c3ccc4c(c3)c(N)nn4S(=O)O)C2)ccc1Cl. The van der Waals surface area contributed by atoms with Gasteiger partial charge in [0.15, 0.2) is 17.4 Å². The minimum absolute atomic E-state index is 0.0294. The molecule has 36 heavy (non-hydrogen) atoms. The molecule has 1 fully saturated rings. The van der Waals surface area contributed by atoms with E-state index in [4.69, 9.17) is 22.1 Å². The summed E-state index contributed by atoms with van der Waals surface area (Å²) in [5.41, 5.74) is 7.63. The number of ether oxygens (including phenoxy) is 1. The van der Waals surface area contributed by atoms with Gasteiger partial charge >= 0.3 is 0 Å². The fourth-order valence-corrected chi connectivity index (χ4v) is 4.87. The van der Waals surface area contributed by atoms with Crippen LogP contribution in [0.25, 0.3) is 10.9 Å². The summed E-state index contributed by atoms with van der Waals surface area (Å²) in [4.78, 5) is 14.5. The van der Waals surface area contributed by atoms with E-state index < -0.39 is 17.1 Å². The van der Waals surface area contributed by atoms with E-state index in [0.717, 1.165) is 9.65 Å². The Balaban J connectivity index is 1.43. The van der Waals surface area contributed by atoms with Crippen molar-refractivity contribution in [3.8, 4) is 17.6 Å². The van der Waals surface area contributed by atoms with Crippen LogP contribution in [0.2, 0.25) is 5.02 Å². The third-order valence-electron chi connectivity index (χ3n) is 5.97. The highest BCUT2D eigenvalue weighted by Crippen LogP contribution is 2.39. The number of nitrogens with two attached hydrogens (primary N) is 1. The normalized spacial score (nSPS) is 16.3. The minimum Gasteiger partial charge on any atom is -0.451 e. The number of halogens is 2. The maximum atomic E-state index is 14.3. The highest BCUT2D eigenvalue weighted by atomic mass is 35.5. The number of hydrogen-bond acceptors (Lipinski definition) is 6. The second-order valence-electron chi connectivity index (χ2n) is 8.12. The van der Waals surface area contributed by atoms with Crippen LogP contribution in [-0.2, 0) is 16.1 Å². The number of benzene rings is 3. The van der Waals surface area contributed by atoms with Crippen molar-refractivity contribution in [2.45, 2.75) is 12.3 Å². The zero-order valence-electron chi connectivity index (χ0n) is 18.4. The number of carbonyl (C=O) groups excluding carboxylic acids is 1. The average Bonchev–Trinajstić information content (AvgIpc) is 3.41. The molecule has 1 aliphatic heterocycles. The molecular weight excluding hydrogens is 509 g/mol. The van der Waals surface area contributed by atoms with Crippen molar-refractivity contribution in [2.24, 2.45) is 0 Å². The van der Waals surface area contributed by atoms with E-state index in [-0.39, 0.29) is 46.1 Å². The van der Waals surface area contributed by atoms with Crippen LogP contribution in [-0.4, -0.2) is 30.4 Å². The maximum Gasteiger partial charge on any atom is 0.283 e. The third-order valence-corrected chi connectivity index (χ3v) is 6.86. The summed E-state index contributed by atoms with van der Waals surface area (Å²) in [5.74, 6) is -1.02. The van der Waals surface area contributed by atoms with E-state index in [9.17, 15) is 23.2 Å². The molecule has 0 radical (unpaired) electrons. The molecule has 1 aromatic heterocycles. The molecule has 0 aliphatic carbocycles. The van der Waals surface area contributed by atoms with Gasteiger partial charge in [-0.25, -0.2) is 8.60 Å². The summed E-state index contributed by atoms with van der Waals surface area (Å²) >= 11 is 3.91. The zero-order valence-corrected chi connectivity index (χ0v) is 20.0. The van der Waals surface area contributed by atoms with Gasteiger partial charge in [-0.1, -0.05) is 23.7 Å². The lowest BCUT2D eigenvalue weighted by Crippen LogP contribution is -2.24. The van der Waals surface area contributed by atoms with Gasteiger partial charge in [0.1, 0.15) is 11.8 Å². The van der Waals surface area contributed by atoms with Crippen LogP contribution in [0.15, 0.2) is 54.6 Å². The fraction of sp³-hybridized carbons (Fsp3) is 0.125. The van der Waals surface area contributed by atoms with Crippen LogP contribution >= 0.6 is 11.6 Å². The van der Waals surface area contributed by atoms with Crippen LogP contribution < -0.4 is 15.4 Å². The highest BCUT2D eigenvalue weighted by molar-refractivity contribution is 7.77. The number of hydrogen-bond donors (Lipinski definition) is 2. The largest absolute Gasteiger partial charge is 0.451 e. The van der Waals surface area contributed by atoms with E-state index in [1.54, 1.807) is 41.3 Å². The van der Waals surface area contributed by atoms with Gasteiger partial charge in [0, 0.05) is 30.0 Å². The zero-order chi connectivity index (χ0) is 25.6. The van der Waals surface area contributed by atoms with Gasteiger partial charge < -0.3 is 15.4 Å². The molecule has 0 spiro atoms. The number of nitrogen functional groups attached to an aromatic ring is 1. The Morgan fingerprint density at radius 3 is 2.81 bits per heavy atom. The number of nitriles is 1. The minimum atomic E-state index is -2.37. The van der Waals surface area contributed by atoms with Crippen molar-refractivity contribution >= 4 is 51.2 Å². The van der Waals surface area contributed by atoms with Crippen molar-refractivity contribution in [1.29, 1.82) is 5.26 Å². The predicted molar refractivity (Wildman–Crippen MR) is 133 cm³/mol. The van der Waals surface area contributed by atoms with E-state index in [1.165, 1.54) is 18.2 Å². The van der Waals surface area contributed by atoms with Crippen molar-refractivity contribution in [2.75, 3.05) is 17.2 Å².